The van der Waals surface area contributed by atoms with Crippen LogP contribution in [0.5, 0.6) is 0 Å². The number of hydrogen-bond acceptors (Lipinski definition) is 2. The Kier molecular flexibility index (Phi) is 7.72. The van der Waals surface area contributed by atoms with Gasteiger partial charge in [0.2, 0.25) is 11.8 Å². The number of benzene rings is 1. The molecular weight excluding hydrogens is 360 g/mol. The smallest absolute Gasteiger partial charge is 0.223 e. The van der Waals surface area contributed by atoms with Crippen molar-refractivity contribution in [1.29, 1.82) is 0 Å². The SMILES string of the molecule is C[C@@H]1C[C@@H](C)CN(C(=O)CC(C)(C)CC(=O)NCCc2ccc(Cl)cc2)C1. The van der Waals surface area contributed by atoms with Crippen molar-refractivity contribution >= 4 is 23.4 Å². The standard InChI is InChI=1S/C22H33ClN2O2/c1-16-11-17(2)15-25(14-16)21(27)13-22(3,4)12-20(26)24-10-9-18-5-7-19(23)8-6-18/h5-8,16-17H,9-15H2,1-4H3,(H,24,26)/t16-,17-/m1/s1. The second-order valence-electron chi connectivity index (χ2n) is 8.99. The summed E-state index contributed by atoms with van der Waals surface area (Å²) in [6.07, 6.45) is 2.73. The number of carbonyl (C=O) groups excluding carboxylic acids is 2. The number of rotatable bonds is 7. The van der Waals surface area contributed by atoms with E-state index in [1.54, 1.807) is 0 Å². The molecule has 4 nitrogen and oxygen atoms in total. The van der Waals surface area contributed by atoms with Crippen LogP contribution in [0.3, 0.4) is 0 Å². The van der Waals surface area contributed by atoms with E-state index in [4.69, 9.17) is 11.6 Å². The van der Waals surface area contributed by atoms with Crippen molar-refractivity contribution in [2.24, 2.45) is 17.3 Å². The van der Waals surface area contributed by atoms with Gasteiger partial charge in [-0.2, -0.15) is 0 Å². The Bertz CT molecular complexity index is 632. The summed E-state index contributed by atoms with van der Waals surface area (Å²) in [6, 6.07) is 7.65. The molecule has 2 atom stereocenters. The van der Waals surface area contributed by atoms with Crippen LogP contribution >= 0.6 is 11.6 Å². The molecule has 0 aliphatic carbocycles. The number of piperidine rings is 1. The number of hydrogen-bond donors (Lipinski definition) is 1. The lowest BCUT2D eigenvalue weighted by molar-refractivity contribution is -0.136. The van der Waals surface area contributed by atoms with Gasteiger partial charge in [-0.1, -0.05) is 51.4 Å². The van der Waals surface area contributed by atoms with E-state index < -0.39 is 0 Å². The molecule has 0 spiro atoms. The van der Waals surface area contributed by atoms with Crippen LogP contribution < -0.4 is 5.32 Å². The number of nitrogens with zero attached hydrogens (tertiary/aromatic N) is 1. The molecule has 1 aromatic rings. The lowest BCUT2D eigenvalue weighted by Gasteiger charge is -2.37. The monoisotopic (exact) mass is 392 g/mol. The predicted octanol–water partition coefficient (Wildman–Crippen LogP) is 4.31. The highest BCUT2D eigenvalue weighted by Gasteiger charge is 2.31. The summed E-state index contributed by atoms with van der Waals surface area (Å²) in [5, 5.41) is 3.69. The van der Waals surface area contributed by atoms with E-state index in [1.165, 1.54) is 6.42 Å². The molecule has 1 aliphatic heterocycles. The van der Waals surface area contributed by atoms with E-state index in [1.807, 2.05) is 43.0 Å². The largest absolute Gasteiger partial charge is 0.356 e. The number of carbonyl (C=O) groups is 2. The molecule has 0 unspecified atom stereocenters. The van der Waals surface area contributed by atoms with Crippen LogP contribution in [0, 0.1) is 17.3 Å². The Labute approximate surface area is 168 Å². The summed E-state index contributed by atoms with van der Waals surface area (Å²) >= 11 is 5.88. The zero-order chi connectivity index (χ0) is 20.0. The van der Waals surface area contributed by atoms with Gasteiger partial charge in [0.15, 0.2) is 0 Å². The highest BCUT2D eigenvalue weighted by Crippen LogP contribution is 2.28. The summed E-state index contributed by atoms with van der Waals surface area (Å²) in [6.45, 7) is 10.7. The molecule has 2 rings (SSSR count). The molecule has 1 aromatic carbocycles. The van der Waals surface area contributed by atoms with Crippen molar-refractivity contribution in [3.8, 4) is 0 Å². The summed E-state index contributed by atoms with van der Waals surface area (Å²) in [4.78, 5) is 27.0. The van der Waals surface area contributed by atoms with E-state index >= 15 is 0 Å². The fourth-order valence-electron chi connectivity index (χ4n) is 3.94. The molecule has 27 heavy (non-hydrogen) atoms. The average molecular weight is 393 g/mol. The Balaban J connectivity index is 1.76. The molecule has 1 N–H and O–H groups in total. The molecule has 1 heterocycles. The first-order valence-corrected chi connectivity index (χ1v) is 10.3. The van der Waals surface area contributed by atoms with Crippen LogP contribution in [-0.2, 0) is 16.0 Å². The molecule has 0 aromatic heterocycles. The van der Waals surface area contributed by atoms with Crippen LogP contribution in [0.4, 0.5) is 0 Å². The summed E-state index contributed by atoms with van der Waals surface area (Å²) in [5.74, 6) is 1.28. The second kappa shape index (κ2) is 9.59. The summed E-state index contributed by atoms with van der Waals surface area (Å²) in [7, 11) is 0. The summed E-state index contributed by atoms with van der Waals surface area (Å²) < 4.78 is 0. The van der Waals surface area contributed by atoms with Gasteiger partial charge in [-0.3, -0.25) is 9.59 Å². The maximum atomic E-state index is 12.7. The van der Waals surface area contributed by atoms with Crippen molar-refractivity contribution in [3.05, 3.63) is 34.9 Å². The van der Waals surface area contributed by atoms with Crippen molar-refractivity contribution in [2.45, 2.75) is 53.4 Å². The van der Waals surface area contributed by atoms with Gasteiger partial charge in [-0.25, -0.2) is 0 Å². The molecule has 1 saturated heterocycles. The average Bonchev–Trinajstić information content (AvgIpc) is 2.54. The number of likely N-dealkylation sites (tertiary alicyclic amines) is 1. The van der Waals surface area contributed by atoms with Crippen molar-refractivity contribution in [2.75, 3.05) is 19.6 Å². The van der Waals surface area contributed by atoms with E-state index in [9.17, 15) is 9.59 Å². The number of amides is 2. The minimum atomic E-state index is -0.342. The third-order valence-corrected chi connectivity index (χ3v) is 5.39. The Morgan fingerprint density at radius 2 is 1.70 bits per heavy atom. The third kappa shape index (κ3) is 7.53. The normalized spacial score (nSPS) is 20.4. The molecule has 1 fully saturated rings. The number of halogens is 1. The lowest BCUT2D eigenvalue weighted by atomic mass is 9.83. The van der Waals surface area contributed by atoms with E-state index in [0.29, 0.717) is 36.2 Å². The van der Waals surface area contributed by atoms with E-state index in [2.05, 4.69) is 19.2 Å². The maximum Gasteiger partial charge on any atom is 0.223 e. The first-order valence-electron chi connectivity index (χ1n) is 9.93. The highest BCUT2D eigenvalue weighted by atomic mass is 35.5. The van der Waals surface area contributed by atoms with Gasteiger partial charge in [0.1, 0.15) is 0 Å². The highest BCUT2D eigenvalue weighted by molar-refractivity contribution is 6.30. The first-order chi connectivity index (χ1) is 12.6. The zero-order valence-electron chi connectivity index (χ0n) is 17.1. The Hall–Kier alpha value is -1.55. The molecule has 0 bridgehead atoms. The topological polar surface area (TPSA) is 49.4 Å². The second-order valence-corrected chi connectivity index (χ2v) is 9.43. The van der Waals surface area contributed by atoms with Crippen LogP contribution in [-0.4, -0.2) is 36.3 Å². The predicted molar refractivity (Wildman–Crippen MR) is 111 cm³/mol. The molecular formula is C22H33ClN2O2. The van der Waals surface area contributed by atoms with E-state index in [-0.39, 0.29) is 17.2 Å². The van der Waals surface area contributed by atoms with Crippen molar-refractivity contribution in [3.63, 3.8) is 0 Å². The third-order valence-electron chi connectivity index (χ3n) is 5.14. The van der Waals surface area contributed by atoms with Gasteiger partial charge < -0.3 is 10.2 Å². The van der Waals surface area contributed by atoms with Gasteiger partial charge in [0.25, 0.3) is 0 Å². The fraction of sp³-hybridized carbons (Fsp3) is 0.636. The molecule has 150 valence electrons. The first kappa shape index (κ1) is 21.7. The minimum Gasteiger partial charge on any atom is -0.356 e. The minimum absolute atomic E-state index is 0.00199. The van der Waals surface area contributed by atoms with Gasteiger partial charge in [-0.05, 0) is 47.8 Å². The zero-order valence-corrected chi connectivity index (χ0v) is 17.8. The van der Waals surface area contributed by atoms with Crippen LogP contribution in [0.15, 0.2) is 24.3 Å². The molecule has 2 amide bonds. The maximum absolute atomic E-state index is 12.7. The van der Waals surface area contributed by atoms with Crippen LogP contribution in [0.25, 0.3) is 0 Å². The van der Waals surface area contributed by atoms with E-state index in [0.717, 1.165) is 25.1 Å². The number of nitrogens with one attached hydrogen (secondary N) is 1. The molecule has 0 radical (unpaired) electrons. The Morgan fingerprint density at radius 1 is 1.11 bits per heavy atom. The molecule has 5 heteroatoms. The molecule has 1 aliphatic rings. The summed E-state index contributed by atoms with van der Waals surface area (Å²) in [5.41, 5.74) is 0.799. The van der Waals surface area contributed by atoms with Gasteiger partial charge in [0, 0.05) is 37.5 Å². The fourth-order valence-corrected chi connectivity index (χ4v) is 4.07. The molecule has 0 saturated carbocycles. The van der Waals surface area contributed by atoms with Gasteiger partial charge in [0.05, 0.1) is 0 Å². The van der Waals surface area contributed by atoms with Gasteiger partial charge in [-0.15, -0.1) is 0 Å². The van der Waals surface area contributed by atoms with Crippen molar-refractivity contribution in [1.82, 2.24) is 10.2 Å². The Morgan fingerprint density at radius 3 is 2.30 bits per heavy atom. The van der Waals surface area contributed by atoms with Crippen LogP contribution in [0.1, 0.15) is 52.5 Å². The lowest BCUT2D eigenvalue weighted by Crippen LogP contribution is -2.44. The quantitative estimate of drug-likeness (QED) is 0.751. The van der Waals surface area contributed by atoms with Crippen LogP contribution in [0.2, 0.25) is 5.02 Å². The van der Waals surface area contributed by atoms with Crippen molar-refractivity contribution < 1.29 is 9.59 Å². The van der Waals surface area contributed by atoms with Gasteiger partial charge >= 0.3 is 0 Å².